The number of ether oxygens (including phenoxy) is 4. The molecule has 1 heterocycles. The molecule has 1 fully saturated rings. The molecule has 0 atom stereocenters. The minimum absolute atomic E-state index is 0.00262. The Labute approximate surface area is 178 Å². The highest BCUT2D eigenvalue weighted by atomic mass is 19.4. The molecule has 1 N–H and O–H groups in total. The van der Waals surface area contributed by atoms with E-state index in [4.69, 9.17) is 18.9 Å². The average Bonchev–Trinajstić information content (AvgIpc) is 2.75. The summed E-state index contributed by atoms with van der Waals surface area (Å²) in [7, 11) is 1.42. The number of methoxy groups -OCH3 is 1. The van der Waals surface area contributed by atoms with E-state index in [0.717, 1.165) is 11.6 Å². The minimum Gasteiger partial charge on any atom is -0.491 e. The van der Waals surface area contributed by atoms with E-state index in [1.54, 1.807) is 6.92 Å². The van der Waals surface area contributed by atoms with Gasteiger partial charge in [-0.2, -0.15) is 13.2 Å². The fourth-order valence-corrected chi connectivity index (χ4v) is 3.01. The van der Waals surface area contributed by atoms with Crippen molar-refractivity contribution in [1.29, 1.82) is 0 Å². The van der Waals surface area contributed by atoms with E-state index in [9.17, 15) is 18.0 Å². The van der Waals surface area contributed by atoms with Crippen LogP contribution in [0, 0.1) is 5.41 Å². The van der Waals surface area contributed by atoms with E-state index >= 15 is 0 Å². The van der Waals surface area contributed by atoms with E-state index in [1.165, 1.54) is 19.2 Å². The van der Waals surface area contributed by atoms with E-state index in [-0.39, 0.29) is 37.9 Å². The Morgan fingerprint density at radius 1 is 1.13 bits per heavy atom. The first kappa shape index (κ1) is 23.1. The van der Waals surface area contributed by atoms with E-state index in [2.05, 4.69) is 5.32 Å². The molecule has 1 aliphatic rings. The van der Waals surface area contributed by atoms with Gasteiger partial charge in [-0.15, -0.1) is 0 Å². The number of carbonyl (C=O) groups is 1. The van der Waals surface area contributed by atoms with Gasteiger partial charge in [0.1, 0.15) is 12.4 Å². The summed E-state index contributed by atoms with van der Waals surface area (Å²) in [5.74, 6) is -0.830. The molecule has 1 amide bonds. The Bertz CT molecular complexity index is 880. The van der Waals surface area contributed by atoms with Crippen LogP contribution in [0.15, 0.2) is 48.5 Å². The summed E-state index contributed by atoms with van der Waals surface area (Å²) in [4.78, 5) is 12.8. The Morgan fingerprint density at radius 2 is 1.81 bits per heavy atom. The molecule has 3 rings (SSSR count). The van der Waals surface area contributed by atoms with Crippen molar-refractivity contribution < 1.29 is 36.9 Å². The molecule has 168 valence electrons. The monoisotopic (exact) mass is 439 g/mol. The van der Waals surface area contributed by atoms with E-state index in [0.29, 0.717) is 0 Å². The van der Waals surface area contributed by atoms with Crippen LogP contribution in [0.5, 0.6) is 5.75 Å². The highest BCUT2D eigenvalue weighted by molar-refractivity contribution is 5.95. The lowest BCUT2D eigenvalue weighted by molar-refractivity contribution is -0.226. The first-order valence-electron chi connectivity index (χ1n) is 9.65. The van der Waals surface area contributed by atoms with Gasteiger partial charge in [-0.1, -0.05) is 30.3 Å². The highest BCUT2D eigenvalue weighted by Crippen LogP contribution is 2.38. The van der Waals surface area contributed by atoms with Crippen molar-refractivity contribution >= 4 is 11.6 Å². The van der Waals surface area contributed by atoms with Gasteiger partial charge >= 0.3 is 6.18 Å². The molecular formula is C22H24F3NO5. The molecule has 31 heavy (non-hydrogen) atoms. The number of benzene rings is 2. The zero-order valence-electron chi connectivity index (χ0n) is 17.2. The quantitative estimate of drug-likeness (QED) is 0.647. The molecule has 9 heteroatoms. The van der Waals surface area contributed by atoms with Gasteiger partial charge in [-0.3, -0.25) is 4.79 Å². The lowest BCUT2D eigenvalue weighted by Crippen LogP contribution is -2.45. The van der Waals surface area contributed by atoms with Crippen LogP contribution in [-0.4, -0.2) is 39.4 Å². The number of anilines is 1. The summed E-state index contributed by atoms with van der Waals surface area (Å²) in [6.07, 6.45) is -5.24. The van der Waals surface area contributed by atoms with Crippen molar-refractivity contribution in [3.8, 4) is 5.75 Å². The largest absolute Gasteiger partial charge is 0.491 e. The normalized spacial score (nSPS) is 21.5. The van der Waals surface area contributed by atoms with Gasteiger partial charge in [0.05, 0.1) is 30.8 Å². The number of amides is 1. The minimum atomic E-state index is -4.65. The highest BCUT2D eigenvalue weighted by Gasteiger charge is 2.40. The lowest BCUT2D eigenvalue weighted by atomic mass is 9.90. The summed E-state index contributed by atoms with van der Waals surface area (Å²) in [5.41, 5.74) is -1.21. The Hall–Kier alpha value is -2.62. The smallest absolute Gasteiger partial charge is 0.420 e. The molecular weight excluding hydrogens is 415 g/mol. The van der Waals surface area contributed by atoms with Gasteiger partial charge < -0.3 is 24.3 Å². The summed E-state index contributed by atoms with van der Waals surface area (Å²) in [6.45, 7) is 1.88. The third kappa shape index (κ3) is 5.75. The molecule has 0 aromatic heterocycles. The SMILES string of the molecule is COCCOc1ccc(NC(=O)C2(C)COC(c3ccccc3)OC2)cc1C(F)(F)F. The third-order valence-electron chi connectivity index (χ3n) is 4.81. The molecule has 2 aromatic rings. The van der Waals surface area contributed by atoms with Gasteiger partial charge in [0.25, 0.3) is 0 Å². The van der Waals surface area contributed by atoms with Crippen LogP contribution in [-0.2, 0) is 25.2 Å². The second-order valence-electron chi connectivity index (χ2n) is 7.43. The average molecular weight is 439 g/mol. The van der Waals surface area contributed by atoms with Gasteiger partial charge in [0, 0.05) is 18.4 Å². The van der Waals surface area contributed by atoms with Crippen molar-refractivity contribution in [3.05, 3.63) is 59.7 Å². The maximum Gasteiger partial charge on any atom is 0.420 e. The van der Waals surface area contributed by atoms with Gasteiger partial charge in [-0.05, 0) is 25.1 Å². The van der Waals surface area contributed by atoms with Crippen LogP contribution < -0.4 is 10.1 Å². The number of hydrogen-bond acceptors (Lipinski definition) is 5. The lowest BCUT2D eigenvalue weighted by Gasteiger charge is -2.36. The number of carbonyl (C=O) groups excluding carboxylic acids is 1. The Morgan fingerprint density at radius 3 is 2.42 bits per heavy atom. The van der Waals surface area contributed by atoms with Crippen molar-refractivity contribution in [2.24, 2.45) is 5.41 Å². The van der Waals surface area contributed by atoms with E-state index in [1.807, 2.05) is 30.3 Å². The molecule has 1 aliphatic heterocycles. The molecule has 0 saturated carbocycles. The van der Waals surface area contributed by atoms with Crippen molar-refractivity contribution in [2.45, 2.75) is 19.4 Å². The zero-order chi connectivity index (χ0) is 22.5. The van der Waals surface area contributed by atoms with Gasteiger partial charge in [-0.25, -0.2) is 0 Å². The van der Waals surface area contributed by atoms with Crippen LogP contribution >= 0.6 is 0 Å². The third-order valence-corrected chi connectivity index (χ3v) is 4.81. The summed E-state index contributed by atoms with van der Waals surface area (Å²) >= 11 is 0. The van der Waals surface area contributed by atoms with Crippen LogP contribution in [0.25, 0.3) is 0 Å². The topological polar surface area (TPSA) is 66.0 Å². The van der Waals surface area contributed by atoms with Crippen LogP contribution in [0.4, 0.5) is 18.9 Å². The number of alkyl halides is 3. The molecule has 0 aliphatic carbocycles. The second-order valence-corrected chi connectivity index (χ2v) is 7.43. The summed E-state index contributed by atoms with van der Waals surface area (Å²) in [5, 5.41) is 2.53. The fraction of sp³-hybridized carbons (Fsp3) is 0.409. The van der Waals surface area contributed by atoms with Gasteiger partial charge in [0.15, 0.2) is 6.29 Å². The standard InChI is InChI=1S/C22H24F3NO5/c1-21(13-30-19(31-14-21)15-6-4-3-5-7-15)20(27)26-16-8-9-18(29-11-10-28-2)17(12-16)22(23,24)25/h3-9,12,19H,10-11,13-14H2,1-2H3,(H,26,27). The van der Waals surface area contributed by atoms with Crippen LogP contribution in [0.1, 0.15) is 24.3 Å². The summed E-state index contributed by atoms with van der Waals surface area (Å²) < 4.78 is 61.7. The predicted octanol–water partition coefficient (Wildman–Crippen LogP) is 4.42. The molecule has 0 radical (unpaired) electrons. The molecule has 0 spiro atoms. The molecule has 2 aromatic carbocycles. The predicted molar refractivity (Wildman–Crippen MR) is 107 cm³/mol. The second kappa shape index (κ2) is 9.67. The van der Waals surface area contributed by atoms with Crippen molar-refractivity contribution in [2.75, 3.05) is 38.9 Å². The Kier molecular flexibility index (Phi) is 7.19. The Balaban J connectivity index is 1.68. The van der Waals surface area contributed by atoms with E-state index < -0.39 is 29.4 Å². The molecule has 0 unspecified atom stereocenters. The van der Waals surface area contributed by atoms with Crippen molar-refractivity contribution in [1.82, 2.24) is 0 Å². The number of rotatable bonds is 7. The molecule has 0 bridgehead atoms. The van der Waals surface area contributed by atoms with Crippen LogP contribution in [0.2, 0.25) is 0 Å². The number of nitrogens with one attached hydrogen (secondary N) is 1. The first-order chi connectivity index (χ1) is 14.7. The maximum atomic E-state index is 13.4. The maximum absolute atomic E-state index is 13.4. The fourth-order valence-electron chi connectivity index (χ4n) is 3.01. The van der Waals surface area contributed by atoms with Crippen LogP contribution in [0.3, 0.4) is 0 Å². The van der Waals surface area contributed by atoms with Gasteiger partial charge in [0.2, 0.25) is 5.91 Å². The summed E-state index contributed by atoms with van der Waals surface area (Å²) in [6, 6.07) is 12.6. The van der Waals surface area contributed by atoms with Crippen molar-refractivity contribution in [3.63, 3.8) is 0 Å². The number of halogens is 3. The molecule has 6 nitrogen and oxygen atoms in total. The zero-order valence-corrected chi connectivity index (χ0v) is 17.2. The number of hydrogen-bond donors (Lipinski definition) is 1. The molecule has 1 saturated heterocycles. The first-order valence-corrected chi connectivity index (χ1v) is 9.65.